The Kier molecular flexibility index (Phi) is 5.08. The fourth-order valence-corrected chi connectivity index (χ4v) is 3.34. The zero-order valence-corrected chi connectivity index (χ0v) is 12.5. The number of hydrogen-bond acceptors (Lipinski definition) is 4. The number of benzene rings is 1. The van der Waals surface area contributed by atoms with Crippen LogP contribution in [-0.4, -0.2) is 36.6 Å². The molecule has 23 heavy (non-hydrogen) atoms. The summed E-state index contributed by atoms with van der Waals surface area (Å²) < 4.78 is 54.5. The molecule has 0 aliphatic carbocycles. The number of fused-ring (bicyclic) bond motifs is 2. The maximum atomic E-state index is 13.5. The Balaban J connectivity index is 1.76. The van der Waals surface area contributed by atoms with Crippen LogP contribution in [0.5, 0.6) is 5.75 Å². The molecule has 0 amide bonds. The Hall–Kier alpha value is -1.31. The van der Waals surface area contributed by atoms with Gasteiger partial charge in [-0.1, -0.05) is 0 Å². The van der Waals surface area contributed by atoms with Crippen molar-refractivity contribution in [2.24, 2.45) is 0 Å². The van der Waals surface area contributed by atoms with Crippen LogP contribution >= 0.6 is 0 Å². The van der Waals surface area contributed by atoms with E-state index in [-0.39, 0.29) is 29.6 Å². The zero-order valence-electron chi connectivity index (χ0n) is 12.5. The van der Waals surface area contributed by atoms with Gasteiger partial charge in [0.05, 0.1) is 24.9 Å². The van der Waals surface area contributed by atoms with Crippen molar-refractivity contribution >= 4 is 0 Å². The van der Waals surface area contributed by atoms with E-state index in [0.29, 0.717) is 12.8 Å². The van der Waals surface area contributed by atoms with Crippen LogP contribution in [0.1, 0.15) is 37.4 Å². The van der Waals surface area contributed by atoms with Gasteiger partial charge in [-0.15, -0.1) is 0 Å². The molecule has 0 saturated carbocycles. The zero-order chi connectivity index (χ0) is 16.4. The van der Waals surface area contributed by atoms with Crippen LogP contribution in [0.4, 0.5) is 13.2 Å². The van der Waals surface area contributed by atoms with Crippen molar-refractivity contribution in [1.29, 1.82) is 0 Å². The second kappa shape index (κ2) is 7.07. The van der Waals surface area contributed by atoms with Crippen molar-refractivity contribution in [3.63, 3.8) is 0 Å². The van der Waals surface area contributed by atoms with E-state index < -0.39 is 25.1 Å². The van der Waals surface area contributed by atoms with Gasteiger partial charge in [-0.3, -0.25) is 0 Å². The predicted molar refractivity (Wildman–Crippen MR) is 74.9 cm³/mol. The van der Waals surface area contributed by atoms with E-state index in [9.17, 15) is 18.3 Å². The van der Waals surface area contributed by atoms with E-state index in [1.165, 1.54) is 0 Å². The first-order valence-corrected chi connectivity index (χ1v) is 7.71. The quantitative estimate of drug-likeness (QED) is 0.869. The van der Waals surface area contributed by atoms with Crippen molar-refractivity contribution < 1.29 is 32.5 Å². The van der Waals surface area contributed by atoms with Gasteiger partial charge in [0.1, 0.15) is 17.7 Å². The summed E-state index contributed by atoms with van der Waals surface area (Å²) in [6.45, 7) is -3.48. The Morgan fingerprint density at radius 2 is 1.91 bits per heavy atom. The number of alkyl halides is 2. The average molecular weight is 332 g/mol. The molecule has 7 heteroatoms. The molecule has 4 nitrogen and oxygen atoms in total. The molecule has 0 radical (unpaired) electrons. The molecule has 1 aromatic rings. The number of hydrogen-bond donors (Lipinski definition) is 1. The van der Waals surface area contributed by atoms with Crippen molar-refractivity contribution in [1.82, 2.24) is 0 Å². The Morgan fingerprint density at radius 3 is 2.52 bits per heavy atom. The van der Waals surface area contributed by atoms with E-state index >= 15 is 0 Å². The summed E-state index contributed by atoms with van der Waals surface area (Å²) in [7, 11) is 0. The van der Waals surface area contributed by atoms with E-state index in [1.807, 2.05) is 0 Å². The molecule has 3 rings (SSSR count). The number of halogens is 3. The molecule has 1 aromatic carbocycles. The maximum Gasteiger partial charge on any atom is 0.387 e. The molecule has 4 atom stereocenters. The molecule has 128 valence electrons. The third-order valence-corrected chi connectivity index (χ3v) is 4.30. The fourth-order valence-electron chi connectivity index (χ4n) is 3.34. The minimum Gasteiger partial charge on any atom is -0.434 e. The SMILES string of the molecule is OC[C@H](OC1C[C@H]2CC[C@@H](C1)O2)c1cc(F)ccc1OC(F)F. The minimum absolute atomic E-state index is 0.0895. The lowest BCUT2D eigenvalue weighted by molar-refractivity contribution is -0.116. The summed E-state index contributed by atoms with van der Waals surface area (Å²) in [4.78, 5) is 0. The van der Waals surface area contributed by atoms with Crippen LogP contribution in [-0.2, 0) is 9.47 Å². The van der Waals surface area contributed by atoms with Gasteiger partial charge in [0.2, 0.25) is 0 Å². The number of ether oxygens (including phenoxy) is 3. The van der Waals surface area contributed by atoms with Crippen molar-refractivity contribution in [2.45, 2.75) is 56.7 Å². The second-order valence-corrected chi connectivity index (χ2v) is 5.92. The summed E-state index contributed by atoms with van der Waals surface area (Å²) in [5.74, 6) is -0.786. The third-order valence-electron chi connectivity index (χ3n) is 4.30. The van der Waals surface area contributed by atoms with E-state index in [4.69, 9.17) is 9.47 Å². The maximum absolute atomic E-state index is 13.5. The minimum atomic E-state index is -3.03. The largest absolute Gasteiger partial charge is 0.434 e. The first-order chi connectivity index (χ1) is 11.0. The van der Waals surface area contributed by atoms with E-state index in [1.54, 1.807) is 0 Å². The van der Waals surface area contributed by atoms with Crippen molar-refractivity contribution in [3.05, 3.63) is 29.6 Å². The van der Waals surface area contributed by atoms with E-state index in [0.717, 1.165) is 31.0 Å². The topological polar surface area (TPSA) is 47.9 Å². The number of aliphatic hydroxyl groups excluding tert-OH is 1. The van der Waals surface area contributed by atoms with Gasteiger partial charge in [-0.05, 0) is 43.9 Å². The van der Waals surface area contributed by atoms with Crippen LogP contribution in [0.3, 0.4) is 0 Å². The van der Waals surface area contributed by atoms with Gasteiger partial charge >= 0.3 is 6.61 Å². The van der Waals surface area contributed by atoms with Gasteiger partial charge in [0, 0.05) is 5.56 Å². The van der Waals surface area contributed by atoms with Crippen LogP contribution in [0.15, 0.2) is 18.2 Å². The summed E-state index contributed by atoms with van der Waals surface area (Å²) in [6, 6.07) is 3.22. The molecule has 2 heterocycles. The molecule has 2 bridgehead atoms. The molecular weight excluding hydrogens is 313 g/mol. The lowest BCUT2D eigenvalue weighted by atomic mass is 10.0. The first kappa shape index (κ1) is 16.5. The number of aliphatic hydroxyl groups is 1. The molecule has 2 aliphatic rings. The van der Waals surface area contributed by atoms with Crippen molar-refractivity contribution in [3.8, 4) is 5.75 Å². The van der Waals surface area contributed by atoms with Crippen LogP contribution in [0.2, 0.25) is 0 Å². The second-order valence-electron chi connectivity index (χ2n) is 5.92. The Bertz CT molecular complexity index is 528. The average Bonchev–Trinajstić information content (AvgIpc) is 2.85. The van der Waals surface area contributed by atoms with Crippen LogP contribution in [0, 0.1) is 5.82 Å². The Labute approximate surface area is 132 Å². The highest BCUT2D eigenvalue weighted by molar-refractivity contribution is 5.36. The summed E-state index contributed by atoms with van der Waals surface area (Å²) in [5.41, 5.74) is 0.0895. The molecule has 1 N–H and O–H groups in total. The summed E-state index contributed by atoms with van der Waals surface area (Å²) in [5, 5.41) is 9.59. The van der Waals surface area contributed by atoms with Gasteiger partial charge in [0.25, 0.3) is 0 Å². The first-order valence-electron chi connectivity index (χ1n) is 7.71. The predicted octanol–water partition coefficient (Wildman–Crippen LogP) is 3.19. The smallest absolute Gasteiger partial charge is 0.387 e. The Morgan fingerprint density at radius 1 is 1.22 bits per heavy atom. The highest BCUT2D eigenvalue weighted by Gasteiger charge is 2.37. The standard InChI is InChI=1S/C16H19F3O4/c17-9-1-4-14(23-16(18)19)13(5-9)15(8-20)22-12-6-10-2-3-11(7-12)21-10/h1,4-5,10-12,15-16,20H,2-3,6-8H2/t10-,11+,12?,15-/m0/s1. The van der Waals surface area contributed by atoms with Crippen LogP contribution < -0.4 is 4.74 Å². The lowest BCUT2D eigenvalue weighted by Gasteiger charge is -2.31. The fraction of sp³-hybridized carbons (Fsp3) is 0.625. The monoisotopic (exact) mass is 332 g/mol. The third kappa shape index (κ3) is 3.97. The van der Waals surface area contributed by atoms with Gasteiger partial charge in [0.15, 0.2) is 0 Å². The molecule has 0 spiro atoms. The van der Waals surface area contributed by atoms with Crippen LogP contribution in [0.25, 0.3) is 0 Å². The van der Waals surface area contributed by atoms with Gasteiger partial charge in [-0.2, -0.15) is 8.78 Å². The highest BCUT2D eigenvalue weighted by Crippen LogP contribution is 2.37. The highest BCUT2D eigenvalue weighted by atomic mass is 19.3. The van der Waals surface area contributed by atoms with Gasteiger partial charge < -0.3 is 19.3 Å². The molecule has 2 fully saturated rings. The molecular formula is C16H19F3O4. The summed E-state index contributed by atoms with van der Waals surface area (Å²) in [6.07, 6.45) is 2.55. The van der Waals surface area contributed by atoms with E-state index in [2.05, 4.69) is 4.74 Å². The molecule has 2 saturated heterocycles. The van der Waals surface area contributed by atoms with Gasteiger partial charge in [-0.25, -0.2) is 4.39 Å². The molecule has 2 aliphatic heterocycles. The summed E-state index contributed by atoms with van der Waals surface area (Å²) >= 11 is 0. The molecule has 1 unspecified atom stereocenters. The lowest BCUT2D eigenvalue weighted by Crippen LogP contribution is -2.32. The normalized spacial score (nSPS) is 28.1. The molecule has 0 aromatic heterocycles. The number of rotatable bonds is 6. The van der Waals surface area contributed by atoms with Crippen molar-refractivity contribution in [2.75, 3.05) is 6.61 Å².